The zero-order valence-electron chi connectivity index (χ0n) is 10.9. The molecule has 100 valence electrons. The van der Waals surface area contributed by atoms with Crippen LogP contribution in [-0.2, 0) is 0 Å². The third-order valence-corrected chi connectivity index (χ3v) is 3.57. The van der Waals surface area contributed by atoms with Crippen LogP contribution in [0.3, 0.4) is 0 Å². The molecule has 0 radical (unpaired) electrons. The molecule has 0 unspecified atom stereocenters. The number of para-hydroxylation sites is 1. The molecular weight excluding hydrogens is 254 g/mol. The molecule has 4 nitrogen and oxygen atoms in total. The van der Waals surface area contributed by atoms with Gasteiger partial charge in [-0.25, -0.2) is 0 Å². The maximum Gasteiger partial charge on any atom is 0.268 e. The van der Waals surface area contributed by atoms with Crippen LogP contribution in [0.4, 0.5) is 5.69 Å². The topological polar surface area (TPSA) is 66.4 Å². The fourth-order valence-corrected chi connectivity index (χ4v) is 2.57. The van der Waals surface area contributed by atoms with Gasteiger partial charge in [0.05, 0.1) is 5.56 Å². The highest BCUT2D eigenvalue weighted by molar-refractivity contribution is 6.01. The first-order valence-corrected chi connectivity index (χ1v) is 6.43. The van der Waals surface area contributed by atoms with Gasteiger partial charge >= 0.3 is 0 Å². The molecule has 4 heteroatoms. The Balaban J connectivity index is 2.27. The standard InChI is InChI=1S/C16H13NO3/c1-2-9(13-14(18)16(20)15(13)19)10-7-8-17-12-6-4-3-5-11(10)12/h3-8,17-18H,2H2,1H3. The molecule has 0 saturated heterocycles. The number of anilines is 1. The third-order valence-electron chi connectivity index (χ3n) is 3.57. The molecule has 1 aliphatic heterocycles. The van der Waals surface area contributed by atoms with E-state index in [2.05, 4.69) is 5.32 Å². The second-order valence-corrected chi connectivity index (χ2v) is 4.65. The van der Waals surface area contributed by atoms with Crippen molar-refractivity contribution in [2.45, 2.75) is 13.3 Å². The SMILES string of the molecule is CCC(=C1C=CNc2ccccc21)c1c(O)c(=O)c1=O. The lowest BCUT2D eigenvalue weighted by Gasteiger charge is -2.20. The Morgan fingerprint density at radius 3 is 2.65 bits per heavy atom. The third kappa shape index (κ3) is 1.61. The van der Waals surface area contributed by atoms with Crippen LogP contribution in [0.25, 0.3) is 11.1 Å². The summed E-state index contributed by atoms with van der Waals surface area (Å²) in [6.45, 7) is 1.90. The van der Waals surface area contributed by atoms with Gasteiger partial charge in [-0.2, -0.15) is 0 Å². The Morgan fingerprint density at radius 1 is 1.20 bits per heavy atom. The fourth-order valence-electron chi connectivity index (χ4n) is 2.57. The second kappa shape index (κ2) is 4.49. The van der Waals surface area contributed by atoms with Gasteiger partial charge in [-0.15, -0.1) is 0 Å². The minimum Gasteiger partial charge on any atom is -0.504 e. The molecular formula is C16H13NO3. The first-order chi connectivity index (χ1) is 9.65. The molecule has 20 heavy (non-hydrogen) atoms. The van der Waals surface area contributed by atoms with E-state index >= 15 is 0 Å². The van der Waals surface area contributed by atoms with Crippen molar-refractivity contribution in [1.82, 2.24) is 0 Å². The van der Waals surface area contributed by atoms with Gasteiger partial charge in [-0.3, -0.25) is 9.59 Å². The summed E-state index contributed by atoms with van der Waals surface area (Å²) in [6, 6.07) is 7.71. The largest absolute Gasteiger partial charge is 0.504 e. The monoisotopic (exact) mass is 267 g/mol. The summed E-state index contributed by atoms with van der Waals surface area (Å²) in [5.41, 5.74) is 2.23. The minimum absolute atomic E-state index is 0.161. The van der Waals surface area contributed by atoms with E-state index in [1.54, 1.807) is 6.20 Å². The molecule has 3 rings (SSSR count). The summed E-state index contributed by atoms with van der Waals surface area (Å²) < 4.78 is 0. The summed E-state index contributed by atoms with van der Waals surface area (Å²) in [4.78, 5) is 22.9. The van der Waals surface area contributed by atoms with Crippen molar-refractivity contribution in [3.8, 4) is 5.75 Å². The van der Waals surface area contributed by atoms with Gasteiger partial charge in [0.25, 0.3) is 5.43 Å². The van der Waals surface area contributed by atoms with E-state index in [1.165, 1.54) is 0 Å². The molecule has 0 amide bonds. The fraction of sp³-hybridized carbons (Fsp3) is 0.125. The highest BCUT2D eigenvalue weighted by Crippen LogP contribution is 2.37. The summed E-state index contributed by atoms with van der Waals surface area (Å²) in [5.74, 6) is -0.413. The van der Waals surface area contributed by atoms with Gasteiger partial charge < -0.3 is 10.4 Å². The van der Waals surface area contributed by atoms with Gasteiger partial charge in [-0.1, -0.05) is 25.1 Å². The highest BCUT2D eigenvalue weighted by atomic mass is 16.3. The summed E-state index contributed by atoms with van der Waals surface area (Å²) >= 11 is 0. The number of benzene rings is 1. The molecule has 0 atom stereocenters. The van der Waals surface area contributed by atoms with Crippen LogP contribution in [0.5, 0.6) is 5.75 Å². The number of rotatable bonds is 2. The van der Waals surface area contributed by atoms with Crippen molar-refractivity contribution < 1.29 is 5.11 Å². The predicted molar refractivity (Wildman–Crippen MR) is 79.3 cm³/mol. The van der Waals surface area contributed by atoms with Gasteiger partial charge in [-0.05, 0) is 29.7 Å². The Bertz CT molecular complexity index is 821. The molecule has 0 saturated carbocycles. The average Bonchev–Trinajstić information content (AvgIpc) is 2.51. The second-order valence-electron chi connectivity index (χ2n) is 4.65. The summed E-state index contributed by atoms with van der Waals surface area (Å²) in [5, 5.41) is 12.8. The lowest BCUT2D eigenvalue weighted by Crippen LogP contribution is -2.34. The van der Waals surface area contributed by atoms with E-state index < -0.39 is 16.6 Å². The number of aromatic hydroxyl groups is 1. The summed E-state index contributed by atoms with van der Waals surface area (Å²) in [7, 11) is 0. The normalized spacial score (nSPS) is 15.8. The van der Waals surface area contributed by atoms with Gasteiger partial charge in [0.2, 0.25) is 5.43 Å². The molecule has 0 bridgehead atoms. The van der Waals surface area contributed by atoms with Crippen LogP contribution in [0.1, 0.15) is 24.5 Å². The smallest absolute Gasteiger partial charge is 0.268 e. The first-order valence-electron chi connectivity index (χ1n) is 6.43. The maximum absolute atomic E-state index is 11.7. The van der Waals surface area contributed by atoms with E-state index in [4.69, 9.17) is 0 Å². The molecule has 1 heterocycles. The molecule has 0 aromatic heterocycles. The van der Waals surface area contributed by atoms with Crippen molar-refractivity contribution in [3.05, 3.63) is 68.1 Å². The lowest BCUT2D eigenvalue weighted by molar-refractivity contribution is 0.460. The highest BCUT2D eigenvalue weighted by Gasteiger charge is 2.25. The maximum atomic E-state index is 11.7. The van der Waals surface area contributed by atoms with E-state index in [9.17, 15) is 14.7 Å². The van der Waals surface area contributed by atoms with E-state index in [0.29, 0.717) is 12.0 Å². The number of nitrogens with one attached hydrogen (secondary N) is 1. The van der Waals surface area contributed by atoms with Crippen molar-refractivity contribution in [1.29, 1.82) is 0 Å². The Labute approximate surface area is 115 Å². The first kappa shape index (κ1) is 12.4. The van der Waals surface area contributed by atoms with Crippen molar-refractivity contribution >= 4 is 16.8 Å². The molecule has 0 aliphatic carbocycles. The zero-order valence-corrected chi connectivity index (χ0v) is 10.9. The Morgan fingerprint density at radius 2 is 1.95 bits per heavy atom. The molecule has 0 fully saturated rings. The quantitative estimate of drug-likeness (QED) is 0.819. The average molecular weight is 267 g/mol. The number of hydrogen-bond acceptors (Lipinski definition) is 4. The van der Waals surface area contributed by atoms with Crippen molar-refractivity contribution in [2.75, 3.05) is 5.32 Å². The van der Waals surface area contributed by atoms with Crippen molar-refractivity contribution in [3.63, 3.8) is 0 Å². The Kier molecular flexibility index (Phi) is 2.79. The number of fused-ring (bicyclic) bond motifs is 1. The lowest BCUT2D eigenvalue weighted by atomic mass is 9.88. The molecule has 2 aromatic carbocycles. The van der Waals surface area contributed by atoms with Crippen LogP contribution in [0.15, 0.2) is 46.1 Å². The van der Waals surface area contributed by atoms with Crippen LogP contribution in [0.2, 0.25) is 0 Å². The number of allylic oxidation sites excluding steroid dienone is 3. The van der Waals surface area contributed by atoms with Gasteiger partial charge in [0.1, 0.15) is 0 Å². The van der Waals surface area contributed by atoms with Crippen LogP contribution in [0, 0.1) is 0 Å². The van der Waals surface area contributed by atoms with Gasteiger partial charge in [0.15, 0.2) is 5.75 Å². The van der Waals surface area contributed by atoms with Crippen LogP contribution >= 0.6 is 0 Å². The van der Waals surface area contributed by atoms with Crippen LogP contribution < -0.4 is 16.2 Å². The molecule has 2 aromatic rings. The zero-order chi connectivity index (χ0) is 14.3. The predicted octanol–water partition coefficient (Wildman–Crippen LogP) is 2.25. The minimum atomic E-state index is -0.794. The number of hydrogen-bond donors (Lipinski definition) is 2. The van der Waals surface area contributed by atoms with Crippen LogP contribution in [-0.4, -0.2) is 5.11 Å². The van der Waals surface area contributed by atoms with Crippen molar-refractivity contribution in [2.24, 2.45) is 0 Å². The Hall–Kier alpha value is -2.62. The van der Waals surface area contributed by atoms with Gasteiger partial charge in [0, 0.05) is 17.5 Å². The van der Waals surface area contributed by atoms with E-state index in [0.717, 1.165) is 16.8 Å². The molecule has 2 N–H and O–H groups in total. The van der Waals surface area contributed by atoms with E-state index in [1.807, 2.05) is 37.3 Å². The van der Waals surface area contributed by atoms with E-state index in [-0.39, 0.29) is 5.56 Å². The molecule has 0 spiro atoms. The molecule has 1 aliphatic rings. The summed E-state index contributed by atoms with van der Waals surface area (Å²) in [6.07, 6.45) is 4.21.